The lowest BCUT2D eigenvalue weighted by atomic mass is 9.86. The van der Waals surface area contributed by atoms with Crippen LogP contribution in [0.25, 0.3) is 0 Å². The monoisotopic (exact) mass is 432 g/mol. The predicted octanol–water partition coefficient (Wildman–Crippen LogP) is 4.34. The molecule has 0 saturated carbocycles. The number of hydrogen-bond acceptors (Lipinski definition) is 4. The van der Waals surface area contributed by atoms with Gasteiger partial charge in [-0.3, -0.25) is 10.9 Å². The molecule has 8 heteroatoms. The molecule has 0 aliphatic carbocycles. The van der Waals surface area contributed by atoms with Gasteiger partial charge in [0.15, 0.2) is 0 Å². The maximum atomic E-state index is 13.9. The van der Waals surface area contributed by atoms with E-state index in [2.05, 4.69) is 28.3 Å². The lowest BCUT2D eigenvalue weighted by Gasteiger charge is -2.34. The second-order valence-corrected chi connectivity index (χ2v) is 8.28. The van der Waals surface area contributed by atoms with Gasteiger partial charge >= 0.3 is 6.03 Å². The summed E-state index contributed by atoms with van der Waals surface area (Å²) in [6.07, 6.45) is 2.79. The number of benzene rings is 2. The van der Waals surface area contributed by atoms with Crippen molar-refractivity contribution in [3.8, 4) is 5.75 Å². The highest BCUT2D eigenvalue weighted by Gasteiger charge is 2.34. The summed E-state index contributed by atoms with van der Waals surface area (Å²) in [4.78, 5) is 14.2. The van der Waals surface area contributed by atoms with Crippen LogP contribution in [0, 0.1) is 11.7 Å². The fourth-order valence-corrected chi connectivity index (χ4v) is 4.42. The van der Waals surface area contributed by atoms with Crippen molar-refractivity contribution in [2.45, 2.75) is 31.3 Å². The Labute approximate surface area is 180 Å². The van der Waals surface area contributed by atoms with Gasteiger partial charge in [0.1, 0.15) is 11.6 Å². The Balaban J connectivity index is 1.28. The van der Waals surface area contributed by atoms with Crippen molar-refractivity contribution >= 4 is 23.3 Å². The molecule has 160 valence electrons. The number of ether oxygens (including phenoxy) is 1. The molecule has 2 saturated heterocycles. The van der Waals surface area contributed by atoms with Gasteiger partial charge in [0.25, 0.3) is 0 Å². The molecule has 2 amide bonds. The Kier molecular flexibility index (Phi) is 6.41. The third kappa shape index (κ3) is 4.69. The zero-order valence-corrected chi connectivity index (χ0v) is 17.6. The van der Waals surface area contributed by atoms with Crippen molar-refractivity contribution in [2.75, 3.05) is 25.5 Å². The number of likely N-dealkylation sites (tertiary alicyclic amines) is 1. The molecule has 4 rings (SSSR count). The number of carbonyl (C=O) groups excluding carboxylic acids is 1. The van der Waals surface area contributed by atoms with Gasteiger partial charge in [0, 0.05) is 30.2 Å². The first kappa shape index (κ1) is 20.9. The van der Waals surface area contributed by atoms with Crippen molar-refractivity contribution in [1.29, 1.82) is 0 Å². The predicted molar refractivity (Wildman–Crippen MR) is 115 cm³/mol. The van der Waals surface area contributed by atoms with Gasteiger partial charge in [-0.1, -0.05) is 23.7 Å². The zero-order valence-electron chi connectivity index (χ0n) is 16.8. The molecule has 2 aromatic carbocycles. The van der Waals surface area contributed by atoms with Crippen LogP contribution in [0.1, 0.15) is 30.9 Å². The number of hydrazine groups is 1. The summed E-state index contributed by atoms with van der Waals surface area (Å²) in [5.41, 5.74) is 8.18. The van der Waals surface area contributed by atoms with Crippen LogP contribution in [0.2, 0.25) is 5.02 Å². The molecule has 2 aliphatic heterocycles. The van der Waals surface area contributed by atoms with E-state index in [1.807, 2.05) is 12.1 Å². The van der Waals surface area contributed by atoms with Gasteiger partial charge < -0.3 is 15.0 Å². The quantitative estimate of drug-likeness (QED) is 0.672. The third-order valence-electron chi connectivity index (χ3n) is 6.00. The number of nitrogens with zero attached hydrogens (tertiary/aromatic N) is 1. The second kappa shape index (κ2) is 9.20. The lowest BCUT2D eigenvalue weighted by molar-refractivity contribution is 0.169. The maximum absolute atomic E-state index is 13.9. The number of hydrogen-bond donors (Lipinski definition) is 3. The minimum Gasteiger partial charge on any atom is -0.497 e. The minimum atomic E-state index is -0.532. The fourth-order valence-electron chi connectivity index (χ4n) is 4.26. The first-order valence-corrected chi connectivity index (χ1v) is 10.6. The van der Waals surface area contributed by atoms with Crippen LogP contribution in [0.4, 0.5) is 14.9 Å². The maximum Gasteiger partial charge on any atom is 0.321 e. The normalized spacial score (nSPS) is 22.2. The van der Waals surface area contributed by atoms with Gasteiger partial charge in [0.05, 0.1) is 12.8 Å². The Bertz CT molecular complexity index is 904. The number of halogens is 2. The molecule has 3 N–H and O–H groups in total. The molecule has 2 atom stereocenters. The number of methoxy groups -OCH3 is 1. The average molecular weight is 433 g/mol. The van der Waals surface area contributed by atoms with Gasteiger partial charge in [-0.05, 0) is 61.1 Å². The molecule has 2 heterocycles. The molecule has 2 unspecified atom stereocenters. The summed E-state index contributed by atoms with van der Waals surface area (Å²) in [5, 5.41) is 2.95. The number of rotatable bonds is 4. The number of nitrogens with one attached hydrogen (secondary N) is 3. The second-order valence-electron chi connectivity index (χ2n) is 7.84. The molecule has 30 heavy (non-hydrogen) atoms. The van der Waals surface area contributed by atoms with Gasteiger partial charge in [0.2, 0.25) is 0 Å². The molecular weight excluding hydrogens is 407 g/mol. The van der Waals surface area contributed by atoms with Gasteiger partial charge in [-0.15, -0.1) is 0 Å². The van der Waals surface area contributed by atoms with E-state index < -0.39 is 5.82 Å². The molecule has 2 aliphatic rings. The van der Waals surface area contributed by atoms with E-state index in [0.717, 1.165) is 25.0 Å². The molecule has 0 bridgehead atoms. The summed E-state index contributed by atoms with van der Waals surface area (Å²) in [6.45, 7) is 1.29. The third-order valence-corrected chi connectivity index (χ3v) is 6.23. The van der Waals surface area contributed by atoms with Gasteiger partial charge in [-0.25, -0.2) is 9.18 Å². The van der Waals surface area contributed by atoms with E-state index in [9.17, 15) is 9.18 Å². The van der Waals surface area contributed by atoms with Crippen LogP contribution >= 0.6 is 11.6 Å². The summed E-state index contributed by atoms with van der Waals surface area (Å²) in [5.74, 6) is 0.800. The van der Waals surface area contributed by atoms with Crippen LogP contribution in [-0.2, 0) is 0 Å². The van der Waals surface area contributed by atoms with E-state index in [-0.39, 0.29) is 17.8 Å². The summed E-state index contributed by atoms with van der Waals surface area (Å²) < 4.78 is 19.3. The number of anilines is 1. The summed E-state index contributed by atoms with van der Waals surface area (Å²) >= 11 is 5.76. The van der Waals surface area contributed by atoms with E-state index in [1.54, 1.807) is 18.1 Å². The summed E-state index contributed by atoms with van der Waals surface area (Å²) in [7, 11) is 1.67. The van der Waals surface area contributed by atoms with Crippen molar-refractivity contribution in [1.82, 2.24) is 15.8 Å². The van der Waals surface area contributed by atoms with Gasteiger partial charge in [-0.2, -0.15) is 0 Å². The highest BCUT2D eigenvalue weighted by molar-refractivity contribution is 6.30. The molecule has 2 fully saturated rings. The highest BCUT2D eigenvalue weighted by atomic mass is 35.5. The standard InChI is InChI=1S/C22H26ClFN4O2/c1-30-17-4-2-3-15(11-17)21-13-20(26-27-21)14-7-9-28(10-8-14)22(29)25-19-6-5-16(23)12-18(19)24/h2-6,11-12,14,20-21,26-27H,7-10,13H2,1H3,(H,25,29). The Morgan fingerprint density at radius 1 is 1.20 bits per heavy atom. The van der Waals surface area contributed by atoms with E-state index in [1.165, 1.54) is 17.7 Å². The Hall–Kier alpha value is -2.35. The van der Waals surface area contributed by atoms with Crippen molar-refractivity contribution in [3.63, 3.8) is 0 Å². The van der Waals surface area contributed by atoms with Crippen molar-refractivity contribution in [2.24, 2.45) is 5.92 Å². The minimum absolute atomic E-state index is 0.148. The van der Waals surface area contributed by atoms with E-state index >= 15 is 0 Å². The fraction of sp³-hybridized carbons (Fsp3) is 0.409. The van der Waals surface area contributed by atoms with Crippen LogP contribution in [0.15, 0.2) is 42.5 Å². The SMILES string of the molecule is COc1cccc(C2CC(C3CCN(C(=O)Nc4ccc(Cl)cc4F)CC3)NN2)c1. The number of urea groups is 1. The van der Waals surface area contributed by atoms with E-state index in [4.69, 9.17) is 16.3 Å². The molecule has 0 radical (unpaired) electrons. The Morgan fingerprint density at radius 2 is 2.00 bits per heavy atom. The molecule has 6 nitrogen and oxygen atoms in total. The van der Waals surface area contributed by atoms with Crippen LogP contribution in [-0.4, -0.2) is 37.2 Å². The number of amides is 2. The molecular formula is C22H26ClFN4O2. The van der Waals surface area contributed by atoms with Crippen LogP contribution < -0.4 is 20.9 Å². The molecule has 2 aromatic rings. The van der Waals surface area contributed by atoms with E-state index in [0.29, 0.717) is 30.1 Å². The summed E-state index contributed by atoms with van der Waals surface area (Å²) in [6, 6.07) is 12.7. The smallest absolute Gasteiger partial charge is 0.321 e. The lowest BCUT2D eigenvalue weighted by Crippen LogP contribution is -2.45. The van der Waals surface area contributed by atoms with Crippen molar-refractivity contribution < 1.29 is 13.9 Å². The zero-order chi connectivity index (χ0) is 21.1. The first-order valence-electron chi connectivity index (χ1n) is 10.2. The Morgan fingerprint density at radius 3 is 2.73 bits per heavy atom. The van der Waals surface area contributed by atoms with Crippen molar-refractivity contribution in [3.05, 3.63) is 58.9 Å². The average Bonchev–Trinajstić information content (AvgIpc) is 3.26. The molecule has 0 aromatic heterocycles. The first-order chi connectivity index (χ1) is 14.5. The largest absolute Gasteiger partial charge is 0.497 e. The van der Waals surface area contributed by atoms with Crippen LogP contribution in [0.3, 0.4) is 0 Å². The number of piperidine rings is 1. The number of carbonyl (C=O) groups is 1. The van der Waals surface area contributed by atoms with Crippen LogP contribution in [0.5, 0.6) is 5.75 Å². The topological polar surface area (TPSA) is 65.6 Å². The highest BCUT2D eigenvalue weighted by Crippen LogP contribution is 2.32. The molecule has 0 spiro atoms.